The number of nitrogens with zero attached hydrogens (tertiary/aromatic N) is 2. The van der Waals surface area contributed by atoms with Crippen LogP contribution in [0, 0.1) is 5.92 Å². The molecule has 1 rings (SSSR count). The topological polar surface area (TPSA) is 74.2 Å². The van der Waals surface area contributed by atoms with E-state index in [0.717, 1.165) is 12.2 Å². The Kier molecular flexibility index (Phi) is 4.71. The van der Waals surface area contributed by atoms with Gasteiger partial charge in [0.05, 0.1) is 6.61 Å². The Balaban J connectivity index is 2.45. The summed E-state index contributed by atoms with van der Waals surface area (Å²) < 4.78 is 10.0. The van der Waals surface area contributed by atoms with Crippen molar-refractivity contribution in [2.45, 2.75) is 32.7 Å². The number of rotatable bonds is 6. The third kappa shape index (κ3) is 4.40. The highest BCUT2D eigenvalue weighted by Gasteiger charge is 2.11. The van der Waals surface area contributed by atoms with Crippen molar-refractivity contribution < 1.29 is 9.26 Å². The Bertz CT molecular complexity index is 286. The molecule has 0 aromatic carbocycles. The zero-order valence-corrected chi connectivity index (χ0v) is 9.56. The van der Waals surface area contributed by atoms with Crippen LogP contribution >= 0.6 is 0 Å². The summed E-state index contributed by atoms with van der Waals surface area (Å²) in [6, 6.07) is -0.0812. The maximum absolute atomic E-state index is 5.77. The van der Waals surface area contributed by atoms with E-state index in [1.165, 1.54) is 0 Å². The first kappa shape index (κ1) is 12.1. The van der Waals surface area contributed by atoms with Crippen molar-refractivity contribution in [1.82, 2.24) is 10.1 Å². The molecule has 0 radical (unpaired) electrons. The molecule has 1 atom stereocenters. The molecule has 0 aliphatic carbocycles. The molecule has 0 spiro atoms. The number of nitrogens with two attached hydrogens (primary N) is 1. The van der Waals surface area contributed by atoms with Gasteiger partial charge in [-0.15, -0.1) is 0 Å². The van der Waals surface area contributed by atoms with E-state index in [1.807, 2.05) is 0 Å². The van der Waals surface area contributed by atoms with Gasteiger partial charge in [-0.3, -0.25) is 0 Å². The average Bonchev–Trinajstić information content (AvgIpc) is 2.51. The van der Waals surface area contributed by atoms with Gasteiger partial charge in [0.1, 0.15) is 0 Å². The number of aromatic nitrogens is 2. The van der Waals surface area contributed by atoms with Gasteiger partial charge in [0.25, 0.3) is 0 Å². The van der Waals surface area contributed by atoms with Crippen LogP contribution in [-0.4, -0.2) is 29.9 Å². The van der Waals surface area contributed by atoms with Crippen LogP contribution in [0.5, 0.6) is 0 Å². The summed E-state index contributed by atoms with van der Waals surface area (Å²) in [5, 5.41) is 3.89. The zero-order valence-electron chi connectivity index (χ0n) is 9.56. The minimum Gasteiger partial charge on any atom is -0.383 e. The van der Waals surface area contributed by atoms with Gasteiger partial charge in [-0.25, -0.2) is 0 Å². The van der Waals surface area contributed by atoms with Gasteiger partial charge >= 0.3 is 0 Å². The highest BCUT2D eigenvalue weighted by atomic mass is 16.5. The first-order valence-electron chi connectivity index (χ1n) is 5.17. The van der Waals surface area contributed by atoms with E-state index in [4.69, 9.17) is 15.0 Å². The fourth-order valence-corrected chi connectivity index (χ4v) is 1.32. The summed E-state index contributed by atoms with van der Waals surface area (Å²) in [5.74, 6) is 1.88. The van der Waals surface area contributed by atoms with Crippen molar-refractivity contribution >= 4 is 0 Å². The van der Waals surface area contributed by atoms with Crippen LogP contribution in [0.1, 0.15) is 25.6 Å². The van der Waals surface area contributed by atoms with E-state index >= 15 is 0 Å². The third-order valence-corrected chi connectivity index (χ3v) is 1.92. The van der Waals surface area contributed by atoms with Crippen LogP contribution in [-0.2, 0) is 17.6 Å². The molecule has 0 saturated heterocycles. The van der Waals surface area contributed by atoms with Gasteiger partial charge < -0.3 is 15.0 Å². The summed E-state index contributed by atoms with van der Waals surface area (Å²) in [4.78, 5) is 4.26. The van der Waals surface area contributed by atoms with Gasteiger partial charge in [-0.1, -0.05) is 19.0 Å². The van der Waals surface area contributed by atoms with Crippen molar-refractivity contribution in [3.8, 4) is 0 Å². The van der Waals surface area contributed by atoms with Crippen LogP contribution in [0.4, 0.5) is 0 Å². The molecule has 1 aromatic heterocycles. The lowest BCUT2D eigenvalue weighted by molar-refractivity contribution is 0.176. The molecule has 1 heterocycles. The molecule has 1 aromatic rings. The maximum Gasteiger partial charge on any atom is 0.228 e. The van der Waals surface area contributed by atoms with Crippen LogP contribution < -0.4 is 5.73 Å². The Hall–Kier alpha value is -0.940. The summed E-state index contributed by atoms with van der Waals surface area (Å²) in [5.41, 5.74) is 5.77. The number of methoxy groups -OCH3 is 1. The summed E-state index contributed by atoms with van der Waals surface area (Å²) in [7, 11) is 1.62. The molecular weight excluding hydrogens is 194 g/mol. The quantitative estimate of drug-likeness (QED) is 0.756. The van der Waals surface area contributed by atoms with E-state index in [-0.39, 0.29) is 6.04 Å². The monoisotopic (exact) mass is 213 g/mol. The molecule has 1 unspecified atom stereocenters. The summed E-state index contributed by atoms with van der Waals surface area (Å²) in [6.45, 7) is 4.74. The van der Waals surface area contributed by atoms with Crippen molar-refractivity contribution in [3.63, 3.8) is 0 Å². The Morgan fingerprint density at radius 3 is 2.73 bits per heavy atom. The predicted octanol–water partition coefficient (Wildman–Crippen LogP) is 0.784. The lowest BCUT2D eigenvalue weighted by Gasteiger charge is -2.05. The molecule has 15 heavy (non-hydrogen) atoms. The third-order valence-electron chi connectivity index (χ3n) is 1.92. The fourth-order valence-electron chi connectivity index (χ4n) is 1.32. The molecule has 0 bridgehead atoms. The second-order valence-corrected chi connectivity index (χ2v) is 4.12. The maximum atomic E-state index is 5.77. The van der Waals surface area contributed by atoms with Crippen LogP contribution in [0.15, 0.2) is 4.52 Å². The van der Waals surface area contributed by atoms with E-state index in [0.29, 0.717) is 24.8 Å². The van der Waals surface area contributed by atoms with Crippen molar-refractivity contribution in [2.75, 3.05) is 13.7 Å². The molecule has 0 saturated carbocycles. The fraction of sp³-hybridized carbons (Fsp3) is 0.800. The van der Waals surface area contributed by atoms with Gasteiger partial charge in [0.15, 0.2) is 5.82 Å². The average molecular weight is 213 g/mol. The molecule has 5 heteroatoms. The van der Waals surface area contributed by atoms with Crippen LogP contribution in [0.25, 0.3) is 0 Å². The van der Waals surface area contributed by atoms with Gasteiger partial charge in [-0.2, -0.15) is 4.98 Å². The molecule has 0 aliphatic heterocycles. The second-order valence-electron chi connectivity index (χ2n) is 4.12. The summed E-state index contributed by atoms with van der Waals surface area (Å²) >= 11 is 0. The number of hydrogen-bond acceptors (Lipinski definition) is 5. The Morgan fingerprint density at radius 1 is 1.40 bits per heavy atom. The molecule has 0 aliphatic rings. The van der Waals surface area contributed by atoms with E-state index < -0.39 is 0 Å². The van der Waals surface area contributed by atoms with Gasteiger partial charge in [-0.05, 0) is 5.92 Å². The van der Waals surface area contributed by atoms with Crippen LogP contribution in [0.2, 0.25) is 0 Å². The van der Waals surface area contributed by atoms with Crippen molar-refractivity contribution in [2.24, 2.45) is 11.7 Å². The van der Waals surface area contributed by atoms with Gasteiger partial charge in [0.2, 0.25) is 5.89 Å². The predicted molar refractivity (Wildman–Crippen MR) is 56.4 cm³/mol. The van der Waals surface area contributed by atoms with E-state index in [1.54, 1.807) is 7.11 Å². The highest BCUT2D eigenvalue weighted by molar-refractivity contribution is 4.89. The zero-order chi connectivity index (χ0) is 11.3. The van der Waals surface area contributed by atoms with E-state index in [9.17, 15) is 0 Å². The number of hydrogen-bond donors (Lipinski definition) is 1. The lowest BCUT2D eigenvalue weighted by Crippen LogP contribution is -2.28. The first-order valence-corrected chi connectivity index (χ1v) is 5.17. The minimum absolute atomic E-state index is 0.0812. The molecular formula is C10H19N3O2. The smallest absolute Gasteiger partial charge is 0.228 e. The molecule has 0 amide bonds. The molecule has 2 N–H and O–H groups in total. The highest BCUT2D eigenvalue weighted by Crippen LogP contribution is 2.06. The van der Waals surface area contributed by atoms with Crippen LogP contribution in [0.3, 0.4) is 0 Å². The Morgan fingerprint density at radius 2 is 2.13 bits per heavy atom. The molecule has 5 nitrogen and oxygen atoms in total. The van der Waals surface area contributed by atoms with Crippen molar-refractivity contribution in [1.29, 1.82) is 0 Å². The summed E-state index contributed by atoms with van der Waals surface area (Å²) in [6.07, 6.45) is 1.40. The minimum atomic E-state index is -0.0812. The lowest BCUT2D eigenvalue weighted by atomic mass is 10.1. The molecule has 86 valence electrons. The first-order chi connectivity index (χ1) is 7.11. The Labute approximate surface area is 90.0 Å². The van der Waals surface area contributed by atoms with E-state index in [2.05, 4.69) is 24.0 Å². The molecule has 0 fully saturated rings. The van der Waals surface area contributed by atoms with Gasteiger partial charge in [0, 0.05) is 26.0 Å². The normalized spacial score (nSPS) is 13.4. The second kappa shape index (κ2) is 5.82. The standard InChI is InChI=1S/C10H19N3O2/c1-7(2)4-9-12-10(15-13-9)5-8(11)6-14-3/h7-8H,4-6,11H2,1-3H3. The largest absolute Gasteiger partial charge is 0.383 e. The number of ether oxygens (including phenoxy) is 1. The SMILES string of the molecule is COCC(N)Cc1nc(CC(C)C)no1. The van der Waals surface area contributed by atoms with Crippen molar-refractivity contribution in [3.05, 3.63) is 11.7 Å².